The summed E-state index contributed by atoms with van der Waals surface area (Å²) in [7, 11) is 2.43. The largest absolute Gasteiger partial charge is 0.469 e. The van der Waals surface area contributed by atoms with Gasteiger partial charge >= 0.3 is 59.7 Å². The Morgan fingerprint density at radius 3 is 0.910 bits per heavy atom. The van der Waals surface area contributed by atoms with E-state index in [9.17, 15) is 47.9 Å². The minimum Gasteiger partial charge on any atom is -0.469 e. The summed E-state index contributed by atoms with van der Waals surface area (Å²) in [5.41, 5.74) is 1.76. The molecule has 0 aliphatic rings. The number of esters is 10. The molecule has 0 radical (unpaired) electrons. The fraction of sp³-hybridized carbons (Fsp3) is 0.532. The molecular weight excluding hydrogens is 884 g/mol. The summed E-state index contributed by atoms with van der Waals surface area (Å²) in [6, 6.07) is 18.6. The van der Waals surface area contributed by atoms with Crippen molar-refractivity contribution in [1.29, 1.82) is 0 Å². The molecule has 0 amide bonds. The highest BCUT2D eigenvalue weighted by Gasteiger charge is 2.15. The minimum absolute atomic E-state index is 0.158. The number of benzene rings is 2. The van der Waals surface area contributed by atoms with Crippen LogP contribution in [0, 0.1) is 0 Å². The van der Waals surface area contributed by atoms with Crippen LogP contribution >= 0.6 is 0 Å². The van der Waals surface area contributed by atoms with Gasteiger partial charge < -0.3 is 47.4 Å². The second kappa shape index (κ2) is 43.1. The van der Waals surface area contributed by atoms with Gasteiger partial charge in [0.2, 0.25) is 0 Å². The molecule has 0 aliphatic carbocycles. The summed E-state index contributed by atoms with van der Waals surface area (Å²) in [6.45, 7) is 15.7. The van der Waals surface area contributed by atoms with Gasteiger partial charge in [0, 0.05) is 0 Å². The van der Waals surface area contributed by atoms with Crippen molar-refractivity contribution in [2.45, 2.75) is 126 Å². The third-order valence-electron chi connectivity index (χ3n) is 6.66. The first kappa shape index (κ1) is 64.4. The molecule has 20 heteroatoms. The van der Waals surface area contributed by atoms with Crippen LogP contribution in [-0.4, -0.2) is 113 Å². The lowest BCUT2D eigenvalue weighted by Crippen LogP contribution is -2.19. The molecule has 0 saturated heterocycles. The normalized spacial score (nSPS) is 9.49. The van der Waals surface area contributed by atoms with E-state index < -0.39 is 59.7 Å². The number of carbonyl (C=O) groups is 10. The Morgan fingerprint density at radius 2 is 0.642 bits per heavy atom. The van der Waals surface area contributed by atoms with Crippen LogP contribution in [0.25, 0.3) is 0 Å². The van der Waals surface area contributed by atoms with Gasteiger partial charge in [-0.2, -0.15) is 0 Å². The van der Waals surface area contributed by atoms with Crippen LogP contribution in [0.3, 0.4) is 0 Å². The summed E-state index contributed by atoms with van der Waals surface area (Å²) in [5.74, 6) is -5.51. The molecule has 0 unspecified atom stereocenters. The Bertz CT molecular complexity index is 1600. The van der Waals surface area contributed by atoms with Crippen LogP contribution in [0.1, 0.15) is 111 Å². The van der Waals surface area contributed by atoms with Gasteiger partial charge in [0.05, 0.1) is 52.9 Å². The van der Waals surface area contributed by atoms with E-state index in [2.05, 4.69) is 18.9 Å². The molecule has 0 atom stereocenters. The molecule has 0 saturated carbocycles. The lowest BCUT2D eigenvalue weighted by atomic mass is 10.2. The summed E-state index contributed by atoms with van der Waals surface area (Å²) < 4.78 is 46.4. The van der Waals surface area contributed by atoms with E-state index in [4.69, 9.17) is 28.4 Å². The van der Waals surface area contributed by atoms with Crippen molar-refractivity contribution in [2.24, 2.45) is 0 Å². The van der Waals surface area contributed by atoms with E-state index in [1.165, 1.54) is 14.2 Å². The van der Waals surface area contributed by atoms with Crippen LogP contribution in [0.5, 0.6) is 0 Å². The first-order chi connectivity index (χ1) is 31.8. The molecule has 0 heterocycles. The Hall–Kier alpha value is -6.86. The van der Waals surface area contributed by atoms with Crippen molar-refractivity contribution in [2.75, 3.05) is 40.6 Å². The fourth-order valence-electron chi connectivity index (χ4n) is 3.88. The molecule has 0 N–H and O–H groups in total. The van der Waals surface area contributed by atoms with Gasteiger partial charge in [0.25, 0.3) is 0 Å². The van der Waals surface area contributed by atoms with Crippen LogP contribution < -0.4 is 0 Å². The maximum Gasteiger partial charge on any atom is 0.317 e. The van der Waals surface area contributed by atoms with E-state index in [-0.39, 0.29) is 70.7 Å². The predicted molar refractivity (Wildman–Crippen MR) is 238 cm³/mol. The number of carbonyl (C=O) groups excluding carboxylic acids is 10. The van der Waals surface area contributed by atoms with Crippen molar-refractivity contribution >= 4 is 59.7 Å². The van der Waals surface area contributed by atoms with Gasteiger partial charge in [0.1, 0.15) is 45.3 Å². The third kappa shape index (κ3) is 45.5. The Kier molecular flexibility index (Phi) is 41.4. The van der Waals surface area contributed by atoms with Gasteiger partial charge in [-0.05, 0) is 65.5 Å². The molecule has 376 valence electrons. The van der Waals surface area contributed by atoms with Crippen LogP contribution in [-0.2, 0) is 109 Å². The fourth-order valence-corrected chi connectivity index (χ4v) is 3.88. The molecule has 67 heavy (non-hydrogen) atoms. The maximum absolute atomic E-state index is 11.5. The maximum atomic E-state index is 11.5. The highest BCUT2D eigenvalue weighted by molar-refractivity contribution is 5.93. The molecule has 2 rings (SSSR count). The number of methoxy groups -OCH3 is 2. The van der Waals surface area contributed by atoms with E-state index in [1.807, 2.05) is 74.5 Å². The summed E-state index contributed by atoms with van der Waals surface area (Å²) in [6.07, 6.45) is -0.436. The van der Waals surface area contributed by atoms with Gasteiger partial charge in [-0.15, -0.1) is 0 Å². The third-order valence-corrected chi connectivity index (χ3v) is 6.66. The zero-order chi connectivity index (χ0) is 51.4. The molecule has 0 bridgehead atoms. The van der Waals surface area contributed by atoms with E-state index in [0.29, 0.717) is 13.2 Å². The van der Waals surface area contributed by atoms with E-state index in [1.54, 1.807) is 41.5 Å². The molecule has 0 spiro atoms. The molecule has 0 fully saturated rings. The Labute approximate surface area is 392 Å². The topological polar surface area (TPSA) is 263 Å². The van der Waals surface area contributed by atoms with Crippen molar-refractivity contribution in [1.82, 2.24) is 0 Å². The standard InChI is InChI=1S/C17H16O4.2C9H16O4.C7H12O4.C5H8O4/c18-16(20-12-14-7-3-1-4-8-14)11-17(19)21-13-15-9-5-2-6-10-15;1-6(2)12-8(10)5-9(11)13-7(3)4;1-3-5-12-8(10)7-9(11)13-6-4-2;1-3-10-6(8)5-7(9)11-4-2;1-8-4(6)3-5(7)9-2/h1-10H,11-13H2;6-7H,5H2,1-4H3;3-7H2,1-2H3;3-5H2,1-2H3;3H2,1-2H3. The highest BCUT2D eigenvalue weighted by atomic mass is 16.6. The van der Waals surface area contributed by atoms with Crippen LogP contribution in [0.15, 0.2) is 60.7 Å². The summed E-state index contributed by atoms with van der Waals surface area (Å²) in [5, 5.41) is 0. The quantitative estimate of drug-likeness (QED) is 0.0784. The van der Waals surface area contributed by atoms with Gasteiger partial charge in [0.15, 0.2) is 0 Å². The van der Waals surface area contributed by atoms with Crippen molar-refractivity contribution in [3.63, 3.8) is 0 Å². The van der Waals surface area contributed by atoms with Gasteiger partial charge in [-0.25, -0.2) is 0 Å². The van der Waals surface area contributed by atoms with Crippen LogP contribution in [0.2, 0.25) is 0 Å². The average Bonchev–Trinajstić information content (AvgIpc) is 3.27. The van der Waals surface area contributed by atoms with Gasteiger partial charge in [-0.1, -0.05) is 74.5 Å². The lowest BCUT2D eigenvalue weighted by Gasteiger charge is -2.09. The molecule has 0 aromatic heterocycles. The lowest BCUT2D eigenvalue weighted by molar-refractivity contribution is -0.159. The van der Waals surface area contributed by atoms with E-state index in [0.717, 1.165) is 24.0 Å². The second-order valence-corrected chi connectivity index (χ2v) is 13.5. The van der Waals surface area contributed by atoms with Crippen molar-refractivity contribution in [3.8, 4) is 0 Å². The number of ether oxygens (including phenoxy) is 10. The summed E-state index contributed by atoms with van der Waals surface area (Å²) in [4.78, 5) is 108. The predicted octanol–water partition coefficient (Wildman–Crippen LogP) is 5.65. The first-order valence-electron chi connectivity index (χ1n) is 21.3. The monoisotopic (exact) mass is 952 g/mol. The summed E-state index contributed by atoms with van der Waals surface area (Å²) >= 11 is 0. The smallest absolute Gasteiger partial charge is 0.317 e. The Balaban J connectivity index is -0.000000793. The van der Waals surface area contributed by atoms with Crippen molar-refractivity contribution < 1.29 is 95.3 Å². The SMILES string of the molecule is CC(C)OC(=O)CC(=O)OC(C)C.CCCOC(=O)CC(=O)OCCC.CCOC(=O)CC(=O)OCC.COC(=O)CC(=O)OC.O=C(CC(=O)OCc1ccccc1)OCc1ccccc1. The number of hydrogen-bond acceptors (Lipinski definition) is 20. The molecule has 2 aromatic carbocycles. The van der Waals surface area contributed by atoms with Crippen LogP contribution in [0.4, 0.5) is 0 Å². The van der Waals surface area contributed by atoms with Crippen molar-refractivity contribution in [3.05, 3.63) is 71.8 Å². The Morgan fingerprint density at radius 1 is 0.373 bits per heavy atom. The van der Waals surface area contributed by atoms with Gasteiger partial charge in [-0.3, -0.25) is 47.9 Å². The number of rotatable bonds is 22. The zero-order valence-corrected chi connectivity index (χ0v) is 40.3. The molecular formula is C47H68O20. The zero-order valence-electron chi connectivity index (χ0n) is 40.3. The average molecular weight is 953 g/mol. The molecule has 20 nitrogen and oxygen atoms in total. The second-order valence-electron chi connectivity index (χ2n) is 13.5. The first-order valence-corrected chi connectivity index (χ1v) is 21.3. The number of hydrogen-bond donors (Lipinski definition) is 0. The molecule has 0 aliphatic heterocycles. The molecule has 2 aromatic rings. The van der Waals surface area contributed by atoms with E-state index >= 15 is 0 Å². The minimum atomic E-state index is -0.586. The highest BCUT2D eigenvalue weighted by Crippen LogP contribution is 2.05.